The van der Waals surface area contributed by atoms with Gasteiger partial charge in [-0.2, -0.15) is 0 Å². The lowest BCUT2D eigenvalue weighted by Gasteiger charge is -2.28. The van der Waals surface area contributed by atoms with Crippen LogP contribution in [0.3, 0.4) is 0 Å². The molecule has 0 radical (unpaired) electrons. The highest BCUT2D eigenvalue weighted by molar-refractivity contribution is 5.76. The van der Waals surface area contributed by atoms with Crippen LogP contribution in [0.15, 0.2) is 30.3 Å². The molecule has 0 unspecified atom stereocenters. The molecule has 1 saturated heterocycles. The van der Waals surface area contributed by atoms with Crippen LogP contribution in [0.5, 0.6) is 0 Å². The number of carbonyl (C=O) groups is 1. The summed E-state index contributed by atoms with van der Waals surface area (Å²) in [7, 11) is 2.18. The minimum Gasteiger partial charge on any atom is -0.340 e. The maximum absolute atomic E-state index is 12.7. The summed E-state index contributed by atoms with van der Waals surface area (Å²) in [5, 5.41) is 8.98. The Bertz CT molecular complexity index is 764. The largest absolute Gasteiger partial charge is 0.340 e. The number of nitrogens with zero attached hydrogens (tertiary/aromatic N) is 5. The van der Waals surface area contributed by atoms with Gasteiger partial charge in [-0.1, -0.05) is 30.3 Å². The van der Waals surface area contributed by atoms with E-state index in [2.05, 4.69) is 38.8 Å². The first kappa shape index (κ1) is 18.2. The molecule has 0 bridgehead atoms. The normalized spacial score (nSPS) is 18.9. The van der Waals surface area contributed by atoms with Crippen LogP contribution in [-0.2, 0) is 24.2 Å². The van der Waals surface area contributed by atoms with Gasteiger partial charge in [0, 0.05) is 38.4 Å². The lowest BCUT2D eigenvalue weighted by molar-refractivity contribution is -0.131. The molecule has 0 saturated carbocycles. The number of benzene rings is 1. The highest BCUT2D eigenvalue weighted by Crippen LogP contribution is 2.27. The molecule has 6 nitrogen and oxygen atoms in total. The number of aryl methyl sites for hydroxylation is 1. The van der Waals surface area contributed by atoms with E-state index in [0.29, 0.717) is 12.3 Å². The molecular weight excluding hydrogens is 338 g/mol. The van der Waals surface area contributed by atoms with Gasteiger partial charge in [0.25, 0.3) is 0 Å². The third-order valence-electron chi connectivity index (χ3n) is 5.96. The van der Waals surface area contributed by atoms with E-state index in [1.807, 2.05) is 23.1 Å². The molecule has 4 rings (SSSR count). The van der Waals surface area contributed by atoms with Crippen molar-refractivity contribution in [1.82, 2.24) is 24.6 Å². The first-order chi connectivity index (χ1) is 13.2. The van der Waals surface area contributed by atoms with Gasteiger partial charge in [-0.05, 0) is 45.0 Å². The summed E-state index contributed by atoms with van der Waals surface area (Å²) in [6.07, 6.45) is 4.48. The van der Waals surface area contributed by atoms with Crippen molar-refractivity contribution in [2.24, 2.45) is 0 Å². The topological polar surface area (TPSA) is 54.3 Å². The molecule has 2 aliphatic rings. The Balaban J connectivity index is 1.36. The zero-order valence-corrected chi connectivity index (χ0v) is 16.2. The molecule has 0 atom stereocenters. The number of fused-ring (bicyclic) bond motifs is 1. The van der Waals surface area contributed by atoms with Crippen molar-refractivity contribution < 1.29 is 4.79 Å². The van der Waals surface area contributed by atoms with E-state index >= 15 is 0 Å². The van der Waals surface area contributed by atoms with Crippen molar-refractivity contribution in [3.63, 3.8) is 0 Å². The van der Waals surface area contributed by atoms with Gasteiger partial charge in [0.15, 0.2) is 0 Å². The van der Waals surface area contributed by atoms with Crippen molar-refractivity contribution in [1.29, 1.82) is 0 Å². The van der Waals surface area contributed by atoms with Crippen LogP contribution < -0.4 is 0 Å². The van der Waals surface area contributed by atoms with Gasteiger partial charge in [0.2, 0.25) is 5.91 Å². The molecule has 144 valence electrons. The lowest BCUT2D eigenvalue weighted by Crippen LogP contribution is -2.34. The summed E-state index contributed by atoms with van der Waals surface area (Å²) >= 11 is 0. The minimum atomic E-state index is 0.249. The molecule has 0 spiro atoms. The molecule has 3 heterocycles. The van der Waals surface area contributed by atoms with E-state index in [1.54, 1.807) is 0 Å². The monoisotopic (exact) mass is 367 g/mol. The summed E-state index contributed by atoms with van der Waals surface area (Å²) in [6, 6.07) is 10.2. The van der Waals surface area contributed by atoms with Crippen molar-refractivity contribution in [3.8, 4) is 0 Å². The van der Waals surface area contributed by atoms with Crippen LogP contribution >= 0.6 is 0 Å². The summed E-state index contributed by atoms with van der Waals surface area (Å²) in [6.45, 7) is 4.58. The van der Waals surface area contributed by atoms with Crippen molar-refractivity contribution in [2.75, 3.05) is 33.2 Å². The third-order valence-corrected chi connectivity index (χ3v) is 5.96. The number of hydrogen-bond donors (Lipinski definition) is 0. The molecule has 1 aromatic carbocycles. The number of aromatic nitrogens is 3. The fourth-order valence-corrected chi connectivity index (χ4v) is 4.22. The van der Waals surface area contributed by atoms with E-state index in [4.69, 9.17) is 0 Å². The standard InChI is InChI=1S/C21H29N5O/c1-24-12-9-18(10-13-24)21-23-22-19-11-14-25(15-16-26(19)21)20(27)8-7-17-5-3-2-4-6-17/h2-6,18H,7-16H2,1H3. The fraction of sp³-hybridized carbons (Fsp3) is 0.571. The van der Waals surface area contributed by atoms with Crippen LogP contribution in [0, 0.1) is 0 Å². The van der Waals surface area contributed by atoms with E-state index in [0.717, 1.165) is 70.1 Å². The van der Waals surface area contributed by atoms with Crippen LogP contribution in [0.25, 0.3) is 0 Å². The van der Waals surface area contributed by atoms with Gasteiger partial charge in [0.1, 0.15) is 11.6 Å². The zero-order chi connectivity index (χ0) is 18.6. The quantitative estimate of drug-likeness (QED) is 0.831. The number of amides is 1. The first-order valence-corrected chi connectivity index (χ1v) is 10.1. The van der Waals surface area contributed by atoms with Crippen LogP contribution in [0.4, 0.5) is 0 Å². The van der Waals surface area contributed by atoms with Crippen LogP contribution in [-0.4, -0.2) is 63.7 Å². The zero-order valence-electron chi connectivity index (χ0n) is 16.2. The SMILES string of the molecule is CN1CCC(c2nnc3n2CCN(C(=O)CCc2ccccc2)CC3)CC1. The van der Waals surface area contributed by atoms with Gasteiger partial charge in [-0.3, -0.25) is 4.79 Å². The van der Waals surface area contributed by atoms with Gasteiger partial charge < -0.3 is 14.4 Å². The molecule has 1 fully saturated rings. The number of rotatable bonds is 4. The summed E-state index contributed by atoms with van der Waals surface area (Å²) in [5.74, 6) is 2.93. The molecule has 27 heavy (non-hydrogen) atoms. The average Bonchev–Trinajstić information content (AvgIpc) is 2.98. The van der Waals surface area contributed by atoms with Gasteiger partial charge in [-0.25, -0.2) is 0 Å². The number of carbonyl (C=O) groups excluding carboxylic acids is 1. The maximum Gasteiger partial charge on any atom is 0.222 e. The predicted octanol–water partition coefficient (Wildman–Crippen LogP) is 2.10. The Kier molecular flexibility index (Phi) is 5.53. The molecule has 2 aliphatic heterocycles. The predicted molar refractivity (Wildman–Crippen MR) is 105 cm³/mol. The second kappa shape index (κ2) is 8.21. The molecular formula is C21H29N5O. The Hall–Kier alpha value is -2.21. The van der Waals surface area contributed by atoms with E-state index in [-0.39, 0.29) is 5.91 Å². The van der Waals surface area contributed by atoms with Crippen LogP contribution in [0.2, 0.25) is 0 Å². The molecule has 1 amide bonds. The molecule has 1 aromatic heterocycles. The Morgan fingerprint density at radius 1 is 1.04 bits per heavy atom. The number of piperidine rings is 1. The van der Waals surface area contributed by atoms with Crippen LogP contribution in [0.1, 0.15) is 42.4 Å². The highest BCUT2D eigenvalue weighted by atomic mass is 16.2. The average molecular weight is 367 g/mol. The van der Waals surface area contributed by atoms with Gasteiger partial charge in [-0.15, -0.1) is 10.2 Å². The maximum atomic E-state index is 12.7. The van der Waals surface area contributed by atoms with Gasteiger partial charge in [0.05, 0.1) is 0 Å². The fourth-order valence-electron chi connectivity index (χ4n) is 4.22. The molecule has 6 heteroatoms. The Morgan fingerprint density at radius 3 is 2.59 bits per heavy atom. The van der Waals surface area contributed by atoms with Crippen molar-refractivity contribution in [2.45, 2.75) is 44.6 Å². The first-order valence-electron chi connectivity index (χ1n) is 10.1. The van der Waals surface area contributed by atoms with E-state index in [9.17, 15) is 4.79 Å². The van der Waals surface area contributed by atoms with Crippen molar-refractivity contribution >= 4 is 5.91 Å². The molecule has 0 aliphatic carbocycles. The third kappa shape index (κ3) is 4.21. The lowest BCUT2D eigenvalue weighted by atomic mass is 9.96. The van der Waals surface area contributed by atoms with E-state index < -0.39 is 0 Å². The second-order valence-electron chi connectivity index (χ2n) is 7.82. The van der Waals surface area contributed by atoms with E-state index in [1.165, 1.54) is 5.56 Å². The minimum absolute atomic E-state index is 0.249. The van der Waals surface area contributed by atoms with Crippen molar-refractivity contribution in [3.05, 3.63) is 47.5 Å². The number of likely N-dealkylation sites (tertiary alicyclic amines) is 1. The summed E-state index contributed by atoms with van der Waals surface area (Å²) in [5.41, 5.74) is 1.22. The summed E-state index contributed by atoms with van der Waals surface area (Å²) in [4.78, 5) is 17.1. The molecule has 2 aromatic rings. The second-order valence-corrected chi connectivity index (χ2v) is 7.82. The Morgan fingerprint density at radius 2 is 1.81 bits per heavy atom. The molecule has 0 N–H and O–H groups in total. The van der Waals surface area contributed by atoms with Gasteiger partial charge >= 0.3 is 0 Å². The smallest absolute Gasteiger partial charge is 0.222 e. The highest BCUT2D eigenvalue weighted by Gasteiger charge is 2.27. The Labute approximate surface area is 161 Å². The summed E-state index contributed by atoms with van der Waals surface area (Å²) < 4.78 is 2.29. The number of hydrogen-bond acceptors (Lipinski definition) is 4.